The summed E-state index contributed by atoms with van der Waals surface area (Å²) >= 11 is 0. The molecule has 1 amide bonds. The number of hydrogen-bond acceptors (Lipinski definition) is 2. The first-order chi connectivity index (χ1) is 7.36. The average Bonchev–Trinajstić information content (AvgIpc) is 2.26. The normalized spacial score (nSPS) is 11.0. The first-order valence-corrected chi connectivity index (χ1v) is 5.23. The molecule has 16 heavy (non-hydrogen) atoms. The Balaban J connectivity index is 3.09. The van der Waals surface area contributed by atoms with E-state index in [4.69, 9.17) is 0 Å². The van der Waals surface area contributed by atoms with Crippen LogP contribution < -0.4 is 5.32 Å². The molecule has 3 nitrogen and oxygen atoms in total. The minimum absolute atomic E-state index is 0.0400. The van der Waals surface area contributed by atoms with Gasteiger partial charge in [-0.2, -0.15) is 0 Å². The molecule has 0 bridgehead atoms. The lowest BCUT2D eigenvalue weighted by Crippen LogP contribution is -2.22. The Morgan fingerprint density at radius 1 is 1.12 bits per heavy atom. The molecule has 0 aliphatic carbocycles. The fourth-order valence-electron chi connectivity index (χ4n) is 1.38. The fraction of sp³-hybridized carbons (Fsp3) is 0.385. The summed E-state index contributed by atoms with van der Waals surface area (Å²) in [6.45, 7) is 5.59. The zero-order valence-corrected chi connectivity index (χ0v) is 10.1. The molecule has 0 aromatic heterocycles. The molecule has 1 aromatic rings. The van der Waals surface area contributed by atoms with E-state index in [-0.39, 0.29) is 11.7 Å². The van der Waals surface area contributed by atoms with Crippen molar-refractivity contribution in [3.63, 3.8) is 0 Å². The van der Waals surface area contributed by atoms with Crippen molar-refractivity contribution in [2.45, 2.75) is 20.8 Å². The number of benzene rings is 1. The predicted molar refractivity (Wildman–Crippen MR) is 63.6 cm³/mol. The Bertz CT molecular complexity index is 416. The van der Waals surface area contributed by atoms with Gasteiger partial charge in [0.15, 0.2) is 5.78 Å². The van der Waals surface area contributed by atoms with E-state index in [2.05, 4.69) is 5.32 Å². The van der Waals surface area contributed by atoms with Crippen molar-refractivity contribution in [2.75, 3.05) is 7.05 Å². The number of ketones is 1. The third-order valence-electron chi connectivity index (χ3n) is 2.30. The Morgan fingerprint density at radius 3 is 2.19 bits per heavy atom. The van der Waals surface area contributed by atoms with Crippen molar-refractivity contribution < 1.29 is 9.59 Å². The molecule has 0 saturated carbocycles. The SMILES string of the molecule is CNC(=O)c1cccc(C(=O)C(C)(C)C)c1. The molecule has 0 aliphatic heterocycles. The summed E-state index contributed by atoms with van der Waals surface area (Å²) < 4.78 is 0. The first kappa shape index (κ1) is 12.4. The smallest absolute Gasteiger partial charge is 0.251 e. The van der Waals surface area contributed by atoms with Crippen molar-refractivity contribution in [1.82, 2.24) is 5.32 Å². The van der Waals surface area contributed by atoms with Gasteiger partial charge in [-0.15, -0.1) is 0 Å². The second kappa shape index (κ2) is 4.47. The maximum absolute atomic E-state index is 12.0. The number of carbonyl (C=O) groups is 2. The Morgan fingerprint density at radius 2 is 1.69 bits per heavy atom. The third-order valence-corrected chi connectivity index (χ3v) is 2.30. The highest BCUT2D eigenvalue weighted by Crippen LogP contribution is 2.21. The van der Waals surface area contributed by atoms with E-state index in [9.17, 15) is 9.59 Å². The molecular formula is C13H17NO2. The highest BCUT2D eigenvalue weighted by molar-refractivity contribution is 6.02. The second-order valence-corrected chi connectivity index (χ2v) is 4.74. The minimum atomic E-state index is -0.429. The van der Waals surface area contributed by atoms with Crippen LogP contribution >= 0.6 is 0 Å². The molecule has 3 heteroatoms. The Hall–Kier alpha value is -1.64. The van der Waals surface area contributed by atoms with Crippen LogP contribution in [0, 0.1) is 5.41 Å². The van der Waals surface area contributed by atoms with E-state index < -0.39 is 5.41 Å². The van der Waals surface area contributed by atoms with Crippen molar-refractivity contribution >= 4 is 11.7 Å². The molecule has 0 spiro atoms. The van der Waals surface area contributed by atoms with Crippen LogP contribution in [-0.2, 0) is 0 Å². The zero-order valence-electron chi connectivity index (χ0n) is 10.1. The van der Waals surface area contributed by atoms with E-state index in [1.54, 1.807) is 31.3 Å². The summed E-state index contributed by atoms with van der Waals surface area (Å²) in [5.74, 6) is -0.137. The van der Waals surface area contributed by atoms with Gasteiger partial charge in [0.1, 0.15) is 0 Å². The molecule has 0 saturated heterocycles. The topological polar surface area (TPSA) is 46.2 Å². The second-order valence-electron chi connectivity index (χ2n) is 4.74. The van der Waals surface area contributed by atoms with Crippen LogP contribution in [0.15, 0.2) is 24.3 Å². The maximum atomic E-state index is 12.0. The molecule has 0 radical (unpaired) electrons. The van der Waals surface area contributed by atoms with Crippen LogP contribution in [-0.4, -0.2) is 18.7 Å². The molecule has 0 atom stereocenters. The Kier molecular flexibility index (Phi) is 3.48. The summed E-state index contributed by atoms with van der Waals surface area (Å²) in [4.78, 5) is 23.4. The van der Waals surface area contributed by atoms with Crippen molar-refractivity contribution in [2.24, 2.45) is 5.41 Å². The van der Waals surface area contributed by atoms with Gasteiger partial charge in [0.05, 0.1) is 0 Å². The number of nitrogens with one attached hydrogen (secondary N) is 1. The van der Waals surface area contributed by atoms with Gasteiger partial charge in [-0.25, -0.2) is 0 Å². The van der Waals surface area contributed by atoms with Crippen LogP contribution in [0.1, 0.15) is 41.5 Å². The standard InChI is InChI=1S/C13H17NO2/c1-13(2,3)11(15)9-6-5-7-10(8-9)12(16)14-4/h5-8H,1-4H3,(H,14,16). The lowest BCUT2D eigenvalue weighted by Gasteiger charge is -2.16. The average molecular weight is 219 g/mol. The molecule has 86 valence electrons. The van der Waals surface area contributed by atoms with Crippen molar-refractivity contribution in [3.8, 4) is 0 Å². The number of amides is 1. The van der Waals surface area contributed by atoms with E-state index >= 15 is 0 Å². The van der Waals surface area contributed by atoms with Crippen LogP contribution in [0.25, 0.3) is 0 Å². The number of Topliss-reactive ketones (excluding diaryl/α,β-unsaturated/α-hetero) is 1. The fourth-order valence-corrected chi connectivity index (χ4v) is 1.38. The predicted octanol–water partition coefficient (Wildman–Crippen LogP) is 2.28. The lowest BCUT2D eigenvalue weighted by atomic mass is 9.86. The summed E-state index contributed by atoms with van der Waals surface area (Å²) in [7, 11) is 1.57. The molecule has 0 unspecified atom stereocenters. The van der Waals surface area contributed by atoms with E-state index in [1.165, 1.54) is 0 Å². The summed E-state index contributed by atoms with van der Waals surface area (Å²) in [6, 6.07) is 6.79. The highest BCUT2D eigenvalue weighted by atomic mass is 16.1. The number of carbonyl (C=O) groups excluding carboxylic acids is 2. The Labute approximate surface area is 95.9 Å². The van der Waals surface area contributed by atoms with Gasteiger partial charge >= 0.3 is 0 Å². The largest absolute Gasteiger partial charge is 0.355 e. The molecule has 0 fully saturated rings. The molecule has 0 heterocycles. The van der Waals surface area contributed by atoms with Gasteiger partial charge in [0.2, 0.25) is 0 Å². The van der Waals surface area contributed by atoms with Crippen LogP contribution in [0.3, 0.4) is 0 Å². The number of hydrogen-bond donors (Lipinski definition) is 1. The molecular weight excluding hydrogens is 202 g/mol. The van der Waals surface area contributed by atoms with Crippen LogP contribution in [0.2, 0.25) is 0 Å². The maximum Gasteiger partial charge on any atom is 0.251 e. The highest BCUT2D eigenvalue weighted by Gasteiger charge is 2.23. The van der Waals surface area contributed by atoms with Crippen LogP contribution in [0.4, 0.5) is 0 Å². The van der Waals surface area contributed by atoms with E-state index in [0.29, 0.717) is 11.1 Å². The van der Waals surface area contributed by atoms with Gasteiger partial charge in [-0.1, -0.05) is 32.9 Å². The third kappa shape index (κ3) is 2.69. The quantitative estimate of drug-likeness (QED) is 0.775. The lowest BCUT2D eigenvalue weighted by molar-refractivity contribution is 0.0858. The molecule has 1 aromatic carbocycles. The number of rotatable bonds is 2. The van der Waals surface area contributed by atoms with E-state index in [1.807, 2.05) is 20.8 Å². The van der Waals surface area contributed by atoms with Gasteiger partial charge in [-0.05, 0) is 12.1 Å². The zero-order chi connectivity index (χ0) is 12.3. The van der Waals surface area contributed by atoms with Crippen molar-refractivity contribution in [1.29, 1.82) is 0 Å². The van der Waals surface area contributed by atoms with Gasteiger partial charge in [0.25, 0.3) is 5.91 Å². The first-order valence-electron chi connectivity index (χ1n) is 5.23. The van der Waals surface area contributed by atoms with E-state index in [0.717, 1.165) is 0 Å². The van der Waals surface area contributed by atoms with Gasteiger partial charge in [0, 0.05) is 23.6 Å². The van der Waals surface area contributed by atoms with Crippen LogP contribution in [0.5, 0.6) is 0 Å². The molecule has 1 rings (SSSR count). The monoisotopic (exact) mass is 219 g/mol. The summed E-state index contributed by atoms with van der Waals surface area (Å²) in [5, 5.41) is 2.54. The minimum Gasteiger partial charge on any atom is -0.355 e. The molecule has 1 N–H and O–H groups in total. The molecule has 0 aliphatic rings. The van der Waals surface area contributed by atoms with Gasteiger partial charge in [-0.3, -0.25) is 9.59 Å². The summed E-state index contributed by atoms with van der Waals surface area (Å²) in [5.41, 5.74) is 0.660. The van der Waals surface area contributed by atoms with Crippen molar-refractivity contribution in [3.05, 3.63) is 35.4 Å². The van der Waals surface area contributed by atoms with Gasteiger partial charge < -0.3 is 5.32 Å². The summed E-state index contributed by atoms with van der Waals surface area (Å²) in [6.07, 6.45) is 0.